The fraction of sp³-hybridized carbons (Fsp3) is 0.250. The molecule has 8 heteroatoms. The highest BCUT2D eigenvalue weighted by molar-refractivity contribution is 5.99. The van der Waals surface area contributed by atoms with Crippen molar-refractivity contribution >= 4 is 11.8 Å². The number of aromatic nitrogens is 1. The molecule has 0 aliphatic carbocycles. The number of hydrogen-bond donors (Lipinski definition) is 2. The second-order valence-corrected chi connectivity index (χ2v) is 6.44. The molecule has 0 aliphatic rings. The van der Waals surface area contributed by atoms with E-state index in [1.165, 1.54) is 6.07 Å². The van der Waals surface area contributed by atoms with Crippen molar-refractivity contribution in [3.8, 4) is 5.75 Å². The fourth-order valence-corrected chi connectivity index (χ4v) is 2.54. The molecule has 2 aromatic heterocycles. The lowest BCUT2D eigenvalue weighted by molar-refractivity contribution is 0.0827. The summed E-state index contributed by atoms with van der Waals surface area (Å²) < 4.78 is 16.2. The van der Waals surface area contributed by atoms with Crippen molar-refractivity contribution in [2.45, 2.75) is 33.3 Å². The summed E-state index contributed by atoms with van der Waals surface area (Å²) in [6, 6.07) is 12.4. The Labute approximate surface area is 161 Å². The first-order chi connectivity index (χ1) is 13.5. The third-order valence-electron chi connectivity index (χ3n) is 3.94. The van der Waals surface area contributed by atoms with Crippen molar-refractivity contribution in [2.75, 3.05) is 0 Å². The maximum absolute atomic E-state index is 12.4. The van der Waals surface area contributed by atoms with Crippen LogP contribution >= 0.6 is 0 Å². The van der Waals surface area contributed by atoms with Gasteiger partial charge in [-0.25, -0.2) is 0 Å². The molecule has 0 bridgehead atoms. The number of hydrazine groups is 1. The van der Waals surface area contributed by atoms with Gasteiger partial charge in [-0.3, -0.25) is 20.4 Å². The number of aryl methyl sites for hydroxylation is 1. The third kappa shape index (κ3) is 4.40. The van der Waals surface area contributed by atoms with E-state index in [-0.39, 0.29) is 18.3 Å². The Bertz CT molecular complexity index is 959. The van der Waals surface area contributed by atoms with Crippen molar-refractivity contribution < 1.29 is 23.3 Å². The standard InChI is InChI=1S/C20H21N3O5/c1-12(2)18-17(13(3)23-28-18)20(25)22-21-19(24)16-10-9-15(27-16)11-26-14-7-5-4-6-8-14/h4-10,12H,11H2,1-3H3,(H,21,24)(H,22,25). The monoisotopic (exact) mass is 383 g/mol. The summed E-state index contributed by atoms with van der Waals surface area (Å²) in [5.41, 5.74) is 5.45. The number of hydrogen-bond acceptors (Lipinski definition) is 6. The van der Waals surface area contributed by atoms with Crippen molar-refractivity contribution in [1.29, 1.82) is 0 Å². The molecule has 2 heterocycles. The lowest BCUT2D eigenvalue weighted by atomic mass is 10.1. The summed E-state index contributed by atoms with van der Waals surface area (Å²) in [7, 11) is 0. The maximum Gasteiger partial charge on any atom is 0.305 e. The summed E-state index contributed by atoms with van der Waals surface area (Å²) in [5, 5.41) is 3.81. The van der Waals surface area contributed by atoms with Gasteiger partial charge in [-0.05, 0) is 31.2 Å². The quantitative estimate of drug-likeness (QED) is 0.632. The molecular formula is C20H21N3O5. The predicted octanol–water partition coefficient (Wildman–Crippen LogP) is 3.35. The SMILES string of the molecule is Cc1noc(C(C)C)c1C(=O)NNC(=O)c1ccc(COc2ccccc2)o1. The van der Waals surface area contributed by atoms with Crippen molar-refractivity contribution in [3.05, 3.63) is 71.0 Å². The summed E-state index contributed by atoms with van der Waals surface area (Å²) in [5.74, 6) is 0.588. The zero-order valence-corrected chi connectivity index (χ0v) is 15.8. The first kappa shape index (κ1) is 19.2. The Balaban J connectivity index is 1.56. The Hall–Kier alpha value is -3.55. The largest absolute Gasteiger partial charge is 0.486 e. The molecule has 0 atom stereocenters. The zero-order valence-electron chi connectivity index (χ0n) is 15.8. The summed E-state index contributed by atoms with van der Waals surface area (Å²) in [6.07, 6.45) is 0. The molecule has 3 rings (SSSR count). The molecule has 146 valence electrons. The highest BCUT2D eigenvalue weighted by Crippen LogP contribution is 2.21. The minimum atomic E-state index is -0.584. The van der Waals surface area contributed by atoms with Crippen LogP contribution in [0.3, 0.4) is 0 Å². The topological polar surface area (TPSA) is 107 Å². The number of carbonyl (C=O) groups excluding carboxylic acids is 2. The van der Waals surface area contributed by atoms with Crippen LogP contribution < -0.4 is 15.6 Å². The van der Waals surface area contributed by atoms with Gasteiger partial charge in [-0.2, -0.15) is 0 Å². The Morgan fingerprint density at radius 2 is 1.79 bits per heavy atom. The first-order valence-corrected chi connectivity index (χ1v) is 8.79. The van der Waals surface area contributed by atoms with Crippen LogP contribution in [0.25, 0.3) is 0 Å². The van der Waals surface area contributed by atoms with Crippen LogP contribution in [0.5, 0.6) is 5.75 Å². The zero-order chi connectivity index (χ0) is 20.1. The Morgan fingerprint density at radius 1 is 1.07 bits per heavy atom. The number of furan rings is 1. The van der Waals surface area contributed by atoms with Crippen LogP contribution in [-0.4, -0.2) is 17.0 Å². The van der Waals surface area contributed by atoms with Gasteiger partial charge in [0, 0.05) is 5.92 Å². The lowest BCUT2D eigenvalue weighted by Crippen LogP contribution is -2.42. The van der Waals surface area contributed by atoms with Crippen molar-refractivity contribution in [1.82, 2.24) is 16.0 Å². The minimum Gasteiger partial charge on any atom is -0.486 e. The molecule has 0 spiro atoms. The van der Waals surface area contributed by atoms with E-state index >= 15 is 0 Å². The van der Waals surface area contributed by atoms with Gasteiger partial charge >= 0.3 is 5.91 Å². The Morgan fingerprint density at radius 3 is 2.50 bits per heavy atom. The van der Waals surface area contributed by atoms with Crippen molar-refractivity contribution in [3.63, 3.8) is 0 Å². The number of benzene rings is 1. The second kappa shape index (κ2) is 8.43. The molecule has 0 saturated carbocycles. The van der Waals surface area contributed by atoms with E-state index in [9.17, 15) is 9.59 Å². The van der Waals surface area contributed by atoms with Gasteiger partial charge in [-0.1, -0.05) is 37.2 Å². The molecule has 0 aliphatic heterocycles. The summed E-state index contributed by atoms with van der Waals surface area (Å²) in [6.45, 7) is 5.62. The van der Waals surface area contributed by atoms with Crippen LogP contribution in [-0.2, 0) is 6.61 Å². The molecule has 2 amide bonds. The van der Waals surface area contributed by atoms with Gasteiger partial charge in [0.25, 0.3) is 5.91 Å². The number of nitrogens with zero attached hydrogens (tertiary/aromatic N) is 1. The minimum absolute atomic E-state index is 0.0186. The molecule has 2 N–H and O–H groups in total. The van der Waals surface area contributed by atoms with Gasteiger partial charge < -0.3 is 13.7 Å². The van der Waals surface area contributed by atoms with E-state index in [1.807, 2.05) is 44.2 Å². The molecule has 3 aromatic rings. The molecule has 28 heavy (non-hydrogen) atoms. The normalized spacial score (nSPS) is 10.7. The lowest BCUT2D eigenvalue weighted by Gasteiger charge is -2.07. The van der Waals surface area contributed by atoms with Gasteiger partial charge in [0.05, 0.1) is 5.69 Å². The van der Waals surface area contributed by atoms with Crippen LogP contribution in [0.15, 0.2) is 51.4 Å². The maximum atomic E-state index is 12.4. The number of carbonyl (C=O) groups is 2. The van der Waals surface area contributed by atoms with Crippen LogP contribution in [0, 0.1) is 6.92 Å². The van der Waals surface area contributed by atoms with Crippen LogP contribution in [0.1, 0.15) is 57.9 Å². The predicted molar refractivity (Wildman–Crippen MR) is 99.7 cm³/mol. The highest BCUT2D eigenvalue weighted by atomic mass is 16.5. The van der Waals surface area contributed by atoms with Gasteiger partial charge in [0.15, 0.2) is 11.5 Å². The molecule has 0 fully saturated rings. The molecule has 0 radical (unpaired) electrons. The second-order valence-electron chi connectivity index (χ2n) is 6.44. The number of ether oxygens (including phenoxy) is 1. The van der Waals surface area contributed by atoms with Crippen molar-refractivity contribution in [2.24, 2.45) is 0 Å². The number of nitrogens with one attached hydrogen (secondary N) is 2. The van der Waals surface area contributed by atoms with Crippen LogP contribution in [0.4, 0.5) is 0 Å². The first-order valence-electron chi connectivity index (χ1n) is 8.79. The van der Waals surface area contributed by atoms with Gasteiger partial charge in [0.2, 0.25) is 0 Å². The summed E-state index contributed by atoms with van der Waals surface area (Å²) in [4.78, 5) is 24.6. The molecule has 0 saturated heterocycles. The molecule has 1 aromatic carbocycles. The molecular weight excluding hydrogens is 362 g/mol. The van der Waals surface area contributed by atoms with E-state index in [0.717, 1.165) is 0 Å². The van der Waals surface area contributed by atoms with Gasteiger partial charge in [-0.15, -0.1) is 0 Å². The number of para-hydroxylation sites is 1. The fourth-order valence-electron chi connectivity index (χ4n) is 2.54. The average molecular weight is 383 g/mol. The molecule has 8 nitrogen and oxygen atoms in total. The highest BCUT2D eigenvalue weighted by Gasteiger charge is 2.23. The van der Waals surface area contributed by atoms with Crippen LogP contribution in [0.2, 0.25) is 0 Å². The third-order valence-corrected chi connectivity index (χ3v) is 3.94. The smallest absolute Gasteiger partial charge is 0.305 e. The van der Waals surface area contributed by atoms with E-state index < -0.39 is 11.8 Å². The average Bonchev–Trinajstić information content (AvgIpc) is 3.32. The van der Waals surface area contributed by atoms with Gasteiger partial charge in [0.1, 0.15) is 23.7 Å². The Kier molecular flexibility index (Phi) is 5.78. The molecule has 0 unspecified atom stereocenters. The number of amides is 2. The number of rotatable bonds is 6. The van der Waals surface area contributed by atoms with E-state index in [1.54, 1.807) is 13.0 Å². The van der Waals surface area contributed by atoms with E-state index in [0.29, 0.717) is 28.5 Å². The van der Waals surface area contributed by atoms with E-state index in [4.69, 9.17) is 13.7 Å². The summed E-state index contributed by atoms with van der Waals surface area (Å²) >= 11 is 0. The van der Waals surface area contributed by atoms with E-state index in [2.05, 4.69) is 16.0 Å².